The van der Waals surface area contributed by atoms with Crippen molar-refractivity contribution in [2.75, 3.05) is 6.61 Å². The van der Waals surface area contributed by atoms with Crippen LogP contribution < -0.4 is 4.74 Å². The second-order valence-electron chi connectivity index (χ2n) is 8.99. The molecule has 4 heteroatoms. The molecule has 1 aromatic heterocycles. The quantitative estimate of drug-likeness (QED) is 0.271. The van der Waals surface area contributed by atoms with Gasteiger partial charge in [0.25, 0.3) is 0 Å². The number of benzene rings is 2. The highest BCUT2D eigenvalue weighted by Crippen LogP contribution is 2.32. The van der Waals surface area contributed by atoms with Gasteiger partial charge in [0.2, 0.25) is 0 Å². The Hall–Kier alpha value is -2.49. The first-order valence-electron chi connectivity index (χ1n) is 11.2. The standard InChI is InChI=1S/C26H35NO3/c1-5-6-7-8-9-12-17-27-23-14-11-10-13-21(23)22-16-15-20(18-24(22)27)29-19-25(28)30-26(2,3)4/h10-11,13-16,18H,5-9,12,17,19H2,1-4H3. The highest BCUT2D eigenvalue weighted by Gasteiger charge is 2.17. The number of esters is 1. The lowest BCUT2D eigenvalue weighted by atomic mass is 10.1. The third-order valence-corrected chi connectivity index (χ3v) is 5.26. The van der Waals surface area contributed by atoms with Gasteiger partial charge in [-0.05, 0) is 45.4 Å². The van der Waals surface area contributed by atoms with Crippen LogP contribution >= 0.6 is 0 Å². The molecule has 3 rings (SSSR count). The number of fused-ring (bicyclic) bond motifs is 3. The van der Waals surface area contributed by atoms with Gasteiger partial charge in [-0.3, -0.25) is 0 Å². The van der Waals surface area contributed by atoms with Crippen LogP contribution in [0.1, 0.15) is 66.2 Å². The Balaban J connectivity index is 1.77. The lowest BCUT2D eigenvalue weighted by molar-refractivity contribution is -0.157. The summed E-state index contributed by atoms with van der Waals surface area (Å²) in [6.45, 7) is 8.74. The van der Waals surface area contributed by atoms with Gasteiger partial charge in [-0.2, -0.15) is 0 Å². The maximum absolute atomic E-state index is 12.0. The number of carbonyl (C=O) groups excluding carboxylic acids is 1. The minimum atomic E-state index is -0.506. The molecule has 0 spiro atoms. The molecular formula is C26H35NO3. The molecule has 3 aromatic rings. The van der Waals surface area contributed by atoms with Crippen molar-refractivity contribution in [1.29, 1.82) is 0 Å². The summed E-state index contributed by atoms with van der Waals surface area (Å²) in [4.78, 5) is 12.0. The van der Waals surface area contributed by atoms with Crippen molar-refractivity contribution >= 4 is 27.8 Å². The van der Waals surface area contributed by atoms with Crippen molar-refractivity contribution in [1.82, 2.24) is 4.57 Å². The van der Waals surface area contributed by atoms with E-state index < -0.39 is 5.60 Å². The highest BCUT2D eigenvalue weighted by molar-refractivity contribution is 6.08. The Bertz CT molecular complexity index is 981. The number of hydrogen-bond donors (Lipinski definition) is 0. The molecule has 30 heavy (non-hydrogen) atoms. The van der Waals surface area contributed by atoms with E-state index >= 15 is 0 Å². The molecule has 0 fully saturated rings. The average molecular weight is 410 g/mol. The number of hydrogen-bond acceptors (Lipinski definition) is 3. The second-order valence-corrected chi connectivity index (χ2v) is 8.99. The zero-order chi connectivity index (χ0) is 21.6. The number of rotatable bonds is 10. The van der Waals surface area contributed by atoms with Gasteiger partial charge in [-0.25, -0.2) is 4.79 Å². The Kier molecular flexibility index (Phi) is 7.41. The summed E-state index contributed by atoms with van der Waals surface area (Å²) >= 11 is 0. The van der Waals surface area contributed by atoms with Crippen LogP contribution in [-0.4, -0.2) is 22.7 Å². The molecule has 0 N–H and O–H groups in total. The van der Waals surface area contributed by atoms with Crippen LogP contribution in [0.5, 0.6) is 5.75 Å². The summed E-state index contributed by atoms with van der Waals surface area (Å²) < 4.78 is 13.5. The predicted octanol–water partition coefficient (Wildman–Crippen LogP) is 6.88. The lowest BCUT2D eigenvalue weighted by Gasteiger charge is -2.19. The van der Waals surface area contributed by atoms with Gasteiger partial charge < -0.3 is 14.0 Å². The molecule has 0 amide bonds. The SMILES string of the molecule is CCCCCCCCn1c2ccccc2c2ccc(OCC(=O)OC(C)(C)C)cc21. The van der Waals surface area contributed by atoms with Crippen LogP contribution in [0.4, 0.5) is 0 Å². The maximum Gasteiger partial charge on any atom is 0.344 e. The van der Waals surface area contributed by atoms with Gasteiger partial charge in [-0.1, -0.05) is 57.2 Å². The van der Waals surface area contributed by atoms with Gasteiger partial charge in [-0.15, -0.1) is 0 Å². The smallest absolute Gasteiger partial charge is 0.344 e. The summed E-state index contributed by atoms with van der Waals surface area (Å²) in [6.07, 6.45) is 7.65. The minimum absolute atomic E-state index is 0.0829. The third kappa shape index (κ3) is 5.78. The van der Waals surface area contributed by atoms with Crippen molar-refractivity contribution < 1.29 is 14.3 Å². The fraction of sp³-hybridized carbons (Fsp3) is 0.500. The molecule has 0 bridgehead atoms. The van der Waals surface area contributed by atoms with Crippen molar-refractivity contribution in [3.8, 4) is 5.75 Å². The number of para-hydroxylation sites is 1. The molecule has 162 valence electrons. The van der Waals surface area contributed by atoms with Crippen LogP contribution in [0.3, 0.4) is 0 Å². The minimum Gasteiger partial charge on any atom is -0.482 e. The zero-order valence-electron chi connectivity index (χ0n) is 18.9. The molecule has 0 aliphatic heterocycles. The largest absolute Gasteiger partial charge is 0.482 e. The van der Waals surface area contributed by atoms with E-state index in [0.717, 1.165) is 12.1 Å². The van der Waals surface area contributed by atoms with Crippen molar-refractivity contribution in [2.45, 2.75) is 78.4 Å². The molecular weight excluding hydrogens is 374 g/mol. The molecule has 2 aromatic carbocycles. The first-order chi connectivity index (χ1) is 14.4. The van der Waals surface area contributed by atoms with Crippen molar-refractivity contribution in [2.24, 2.45) is 0 Å². The second kappa shape index (κ2) is 10.0. The van der Waals surface area contributed by atoms with E-state index in [4.69, 9.17) is 9.47 Å². The first kappa shape index (κ1) is 22.2. The number of ether oxygens (including phenoxy) is 2. The number of carbonyl (C=O) groups is 1. The number of aromatic nitrogens is 1. The summed E-state index contributed by atoms with van der Waals surface area (Å²) in [7, 11) is 0. The highest BCUT2D eigenvalue weighted by atomic mass is 16.6. The van der Waals surface area contributed by atoms with E-state index in [2.05, 4.69) is 47.9 Å². The monoisotopic (exact) mass is 409 g/mol. The normalized spacial score (nSPS) is 11.9. The zero-order valence-corrected chi connectivity index (χ0v) is 18.9. The van der Waals surface area contributed by atoms with Crippen LogP contribution in [0.15, 0.2) is 42.5 Å². The van der Waals surface area contributed by atoms with E-state index in [9.17, 15) is 4.79 Å². The van der Waals surface area contributed by atoms with Gasteiger partial charge >= 0.3 is 5.97 Å². The van der Waals surface area contributed by atoms with Crippen molar-refractivity contribution in [3.05, 3.63) is 42.5 Å². The predicted molar refractivity (Wildman–Crippen MR) is 124 cm³/mol. The van der Waals surface area contributed by atoms with Gasteiger partial charge in [0, 0.05) is 28.9 Å². The molecule has 0 saturated carbocycles. The lowest BCUT2D eigenvalue weighted by Crippen LogP contribution is -2.27. The van der Waals surface area contributed by atoms with Crippen LogP contribution in [0.2, 0.25) is 0 Å². The van der Waals surface area contributed by atoms with E-state index in [-0.39, 0.29) is 12.6 Å². The maximum atomic E-state index is 12.0. The number of aryl methyl sites for hydroxylation is 1. The Labute approximate surface area is 180 Å². The van der Waals surface area contributed by atoms with Crippen LogP contribution in [0.25, 0.3) is 21.8 Å². The average Bonchev–Trinajstić information content (AvgIpc) is 3.01. The Morgan fingerprint density at radius 3 is 2.37 bits per heavy atom. The fourth-order valence-electron chi connectivity index (χ4n) is 3.92. The summed E-state index contributed by atoms with van der Waals surface area (Å²) in [6, 6.07) is 14.6. The van der Waals surface area contributed by atoms with E-state index in [1.165, 1.54) is 54.8 Å². The van der Waals surface area contributed by atoms with Gasteiger partial charge in [0.05, 0.1) is 5.52 Å². The summed E-state index contributed by atoms with van der Waals surface area (Å²) in [5.41, 5.74) is 1.91. The summed E-state index contributed by atoms with van der Waals surface area (Å²) in [5.74, 6) is 0.343. The number of nitrogens with zero attached hydrogens (tertiary/aromatic N) is 1. The molecule has 0 aliphatic rings. The van der Waals surface area contributed by atoms with E-state index in [0.29, 0.717) is 5.75 Å². The Morgan fingerprint density at radius 2 is 1.60 bits per heavy atom. The number of unbranched alkanes of at least 4 members (excludes halogenated alkanes) is 5. The van der Waals surface area contributed by atoms with E-state index in [1.54, 1.807) is 0 Å². The molecule has 0 aliphatic carbocycles. The van der Waals surface area contributed by atoms with Crippen molar-refractivity contribution in [3.63, 3.8) is 0 Å². The summed E-state index contributed by atoms with van der Waals surface area (Å²) in [5, 5.41) is 2.48. The van der Waals surface area contributed by atoms with Crippen LogP contribution in [-0.2, 0) is 16.1 Å². The first-order valence-corrected chi connectivity index (χ1v) is 11.2. The molecule has 0 unspecified atom stereocenters. The van der Waals surface area contributed by atoms with Gasteiger partial charge in [0.1, 0.15) is 11.4 Å². The molecule has 0 atom stereocenters. The Morgan fingerprint density at radius 1 is 0.900 bits per heavy atom. The van der Waals surface area contributed by atoms with Gasteiger partial charge in [0.15, 0.2) is 6.61 Å². The molecule has 4 nitrogen and oxygen atoms in total. The fourth-order valence-corrected chi connectivity index (χ4v) is 3.92. The van der Waals surface area contributed by atoms with E-state index in [1.807, 2.05) is 26.8 Å². The third-order valence-electron chi connectivity index (χ3n) is 5.26. The molecule has 0 radical (unpaired) electrons. The molecule has 1 heterocycles. The molecule has 0 saturated heterocycles. The van der Waals surface area contributed by atoms with Crippen LogP contribution in [0, 0.1) is 0 Å². The topological polar surface area (TPSA) is 40.5 Å².